The summed E-state index contributed by atoms with van der Waals surface area (Å²) in [6.07, 6.45) is -1.57. The van der Waals surface area contributed by atoms with Crippen molar-refractivity contribution in [1.29, 1.82) is 0 Å². The van der Waals surface area contributed by atoms with E-state index in [1.54, 1.807) is 55.4 Å². The Bertz CT molecular complexity index is 524. The molecule has 0 aliphatic rings. The highest BCUT2D eigenvalue weighted by molar-refractivity contribution is 6.69. The van der Waals surface area contributed by atoms with E-state index in [0.29, 0.717) is 0 Å². The van der Waals surface area contributed by atoms with Crippen LogP contribution in [-0.2, 0) is 36.7 Å². The Morgan fingerprint density at radius 3 is 1.53 bits per heavy atom. The molecule has 0 rings (SSSR count). The molecule has 3 N–H and O–H groups in total. The zero-order chi connectivity index (χ0) is 26.7. The van der Waals surface area contributed by atoms with Crippen LogP contribution in [-0.4, -0.2) is 92.6 Å². The van der Waals surface area contributed by atoms with Crippen molar-refractivity contribution in [3.8, 4) is 0 Å². The minimum atomic E-state index is -4.12. The zero-order valence-corrected chi connectivity index (χ0v) is 27.8. The van der Waals surface area contributed by atoms with Gasteiger partial charge < -0.3 is 46.3 Å². The normalized spacial score (nSPS) is 13.9. The van der Waals surface area contributed by atoms with E-state index in [-0.39, 0.29) is 45.8 Å². The summed E-state index contributed by atoms with van der Waals surface area (Å²) in [6.45, 7) is 21.9. The van der Waals surface area contributed by atoms with Gasteiger partial charge in [-0.1, -0.05) is 13.8 Å². The van der Waals surface area contributed by atoms with Crippen molar-refractivity contribution in [2.24, 2.45) is 0 Å². The molecule has 0 saturated heterocycles. The van der Waals surface area contributed by atoms with Crippen molar-refractivity contribution in [1.82, 2.24) is 0 Å². The first-order chi connectivity index (χ1) is 15.4. The van der Waals surface area contributed by atoms with Crippen LogP contribution in [0.15, 0.2) is 0 Å². The third-order valence-electron chi connectivity index (χ3n) is 2.97. The molecule has 0 fully saturated rings. The molecule has 0 saturated carbocycles. The third kappa shape index (κ3) is 17.4. The molecule has 4 radical (unpaired) electrons. The summed E-state index contributed by atoms with van der Waals surface area (Å²) < 4.78 is 52.4. The van der Waals surface area contributed by atoms with Gasteiger partial charge in [0, 0.05) is 12.2 Å². The molecule has 0 aliphatic heterocycles. The molecule has 34 heavy (non-hydrogen) atoms. The Balaban J connectivity index is 5.87. The molecule has 0 aromatic heterocycles. The van der Waals surface area contributed by atoms with Gasteiger partial charge in [0.05, 0.1) is 12.2 Å². The minimum Gasteiger partial charge on any atom is -0.636 e. The average Bonchev–Trinajstić information content (AvgIpc) is 2.54. The third-order valence-corrected chi connectivity index (χ3v) is 13.7. The van der Waals surface area contributed by atoms with Gasteiger partial charge in [-0.25, -0.2) is 0 Å². The second-order valence-electron chi connectivity index (χ2n) is 9.18. The minimum absolute atomic E-state index is 0.0311. The summed E-state index contributed by atoms with van der Waals surface area (Å²) in [4.78, 5) is 19.8. The number of hydrogen-bond donors (Lipinski definition) is 1. The first kappa shape index (κ1) is 35.0. The number of hydrogen-bond acceptors (Lipinski definition) is 10. The van der Waals surface area contributed by atoms with Gasteiger partial charge in [0.2, 0.25) is 9.76 Å². The quantitative estimate of drug-likeness (QED) is 0.181. The lowest BCUT2D eigenvalue weighted by atomic mass is 10.5. The maximum atomic E-state index is 11.0. The second-order valence-corrected chi connectivity index (χ2v) is 18.5. The van der Waals surface area contributed by atoms with E-state index in [0.717, 1.165) is 0 Å². The van der Waals surface area contributed by atoms with Crippen molar-refractivity contribution in [3.05, 3.63) is 0 Å². The SMILES string of the molecule is CC(C)[O][Al-]([O][Si](O[Si]C(C)C)O[Si](O)(OC(C)C)OC(C)C)[O][Si]([OH2+])(OC(C)C)OC(C)C. The molecule has 0 aliphatic carbocycles. The fraction of sp³-hybridized carbons (Fsp3) is 1.00. The monoisotopic (exact) mass is 576 g/mol. The van der Waals surface area contributed by atoms with Crippen LogP contribution in [0, 0.1) is 0 Å². The predicted octanol–water partition coefficient (Wildman–Crippen LogP) is 2.18. The molecule has 0 aromatic rings. The van der Waals surface area contributed by atoms with Crippen molar-refractivity contribution in [3.63, 3.8) is 0 Å². The maximum Gasteiger partial charge on any atom is 0.850 e. The lowest BCUT2D eigenvalue weighted by molar-refractivity contribution is -0.0294. The molecule has 202 valence electrons. The molecule has 0 unspecified atom stereocenters. The van der Waals surface area contributed by atoms with E-state index in [2.05, 4.69) is 0 Å². The first-order valence-corrected chi connectivity index (χ1v) is 18.6. The maximum absolute atomic E-state index is 11.0. The van der Waals surface area contributed by atoms with Gasteiger partial charge in [-0.15, -0.1) is 0 Å². The van der Waals surface area contributed by atoms with E-state index < -0.39 is 42.8 Å². The van der Waals surface area contributed by atoms with Gasteiger partial charge in [-0.05, 0) is 80.9 Å². The van der Waals surface area contributed by atoms with Crippen LogP contribution >= 0.6 is 0 Å². The summed E-state index contributed by atoms with van der Waals surface area (Å²) in [5.74, 6) is 0. The number of rotatable bonds is 19. The van der Waals surface area contributed by atoms with Crippen LogP contribution in [0.2, 0.25) is 5.54 Å². The Hall–Kier alpha value is 0.960. The van der Waals surface area contributed by atoms with Crippen molar-refractivity contribution < 1.29 is 46.3 Å². The molecule has 0 heterocycles. The van der Waals surface area contributed by atoms with Gasteiger partial charge in [0.1, 0.15) is 0 Å². The molecule has 11 nitrogen and oxygen atoms in total. The molecular formula is C18H45AlO11Si4. The summed E-state index contributed by atoms with van der Waals surface area (Å²) in [7, 11) is -10.6. The Morgan fingerprint density at radius 1 is 0.735 bits per heavy atom. The summed E-state index contributed by atoms with van der Waals surface area (Å²) in [5.41, 5.74) is 0.198. The topological polar surface area (TPSA) is 126 Å². The highest BCUT2D eigenvalue weighted by Crippen LogP contribution is 2.19. The van der Waals surface area contributed by atoms with Crippen LogP contribution < -0.4 is 0 Å². The van der Waals surface area contributed by atoms with Crippen LogP contribution in [0.4, 0.5) is 0 Å². The lowest BCUT2D eigenvalue weighted by Gasteiger charge is -2.37. The summed E-state index contributed by atoms with van der Waals surface area (Å²) in [5, 5.41) is 0. The standard InChI is InChI=1S/C9H22O6Si3.C6H15O4Si.C3H7O.Al/c1-7(2)12-18(11,13-8(3)4)15-17(10)14-16-9(5)6;1-5(2)9-11(7,8)10-6(3)4;1-3(2)4;/h7-9,11H,1-6H3;5-7H,1-4H3;3H,1-2H3;/q3*-1;+2/p+1. The average molecular weight is 577 g/mol. The Morgan fingerprint density at radius 2 is 1.18 bits per heavy atom. The molecule has 0 atom stereocenters. The summed E-state index contributed by atoms with van der Waals surface area (Å²) in [6, 6.07) is 0. The van der Waals surface area contributed by atoms with Gasteiger partial charge in [0.25, 0.3) is 0 Å². The molecular weight excluding hydrogens is 532 g/mol. The van der Waals surface area contributed by atoms with Crippen molar-refractivity contribution >= 4 is 52.5 Å². The highest BCUT2D eigenvalue weighted by Gasteiger charge is 2.54. The van der Waals surface area contributed by atoms with E-state index in [1.165, 1.54) is 0 Å². The van der Waals surface area contributed by atoms with Crippen molar-refractivity contribution in [2.75, 3.05) is 0 Å². The van der Waals surface area contributed by atoms with E-state index >= 15 is 0 Å². The Labute approximate surface area is 217 Å². The van der Waals surface area contributed by atoms with Crippen LogP contribution in [0.1, 0.15) is 83.1 Å². The molecule has 0 aromatic carbocycles. The van der Waals surface area contributed by atoms with Crippen molar-refractivity contribution in [2.45, 2.75) is 119 Å². The molecule has 16 heteroatoms. The Kier molecular flexibility index (Phi) is 17.2. The van der Waals surface area contributed by atoms with Gasteiger partial charge in [-0.2, -0.15) is 0 Å². The predicted molar refractivity (Wildman–Crippen MR) is 135 cm³/mol. The van der Waals surface area contributed by atoms with E-state index in [1.807, 2.05) is 27.7 Å². The van der Waals surface area contributed by atoms with Crippen LogP contribution in [0.25, 0.3) is 0 Å². The van der Waals surface area contributed by atoms with Gasteiger partial charge in [-0.3, -0.25) is 0 Å². The highest BCUT2D eigenvalue weighted by atomic mass is 28.5. The van der Waals surface area contributed by atoms with Gasteiger partial charge in [0.15, 0.2) is 0 Å². The van der Waals surface area contributed by atoms with E-state index in [9.17, 15) is 4.80 Å². The smallest absolute Gasteiger partial charge is 0.636 e. The summed E-state index contributed by atoms with van der Waals surface area (Å²) >= 11 is -3.09. The molecule has 0 amide bonds. The van der Waals surface area contributed by atoms with Crippen LogP contribution in [0.5, 0.6) is 0 Å². The van der Waals surface area contributed by atoms with Crippen LogP contribution in [0.3, 0.4) is 0 Å². The molecule has 0 spiro atoms. The second kappa shape index (κ2) is 16.7. The molecule has 0 bridgehead atoms. The van der Waals surface area contributed by atoms with E-state index in [4.69, 9.17) is 41.5 Å². The lowest BCUT2D eigenvalue weighted by Crippen LogP contribution is -2.58. The largest absolute Gasteiger partial charge is 0.850 e. The first-order valence-electron chi connectivity index (χ1n) is 11.6. The van der Waals surface area contributed by atoms with Gasteiger partial charge >= 0.3 is 42.8 Å². The fourth-order valence-corrected chi connectivity index (χ4v) is 12.7. The fourth-order valence-electron chi connectivity index (χ4n) is 2.22. The zero-order valence-electron chi connectivity index (χ0n) is 22.7.